The van der Waals surface area contributed by atoms with E-state index in [0.29, 0.717) is 5.69 Å². The van der Waals surface area contributed by atoms with Crippen molar-refractivity contribution in [3.63, 3.8) is 0 Å². The molecular weight excluding hydrogens is 188 g/mol. The maximum absolute atomic E-state index is 9.88. The number of aryl methyl sites for hydroxylation is 2. The Balaban J connectivity index is 2.59. The molecule has 1 N–H and O–H groups in total. The largest absolute Gasteiger partial charge is 0.504 e. The molecule has 0 atom stereocenters. The van der Waals surface area contributed by atoms with E-state index in [0.717, 1.165) is 16.8 Å². The first kappa shape index (κ1) is 9.77. The van der Waals surface area contributed by atoms with Crippen molar-refractivity contribution in [3.05, 3.63) is 35.5 Å². The van der Waals surface area contributed by atoms with Crippen molar-refractivity contribution in [1.29, 1.82) is 0 Å². The molecule has 0 amide bonds. The molecule has 0 saturated carbocycles. The molecule has 1 heterocycles. The van der Waals surface area contributed by atoms with Crippen LogP contribution in [0.5, 0.6) is 5.75 Å². The molecule has 0 aliphatic carbocycles. The van der Waals surface area contributed by atoms with Gasteiger partial charge in [0.2, 0.25) is 0 Å². The molecule has 0 unspecified atom stereocenters. The van der Waals surface area contributed by atoms with E-state index in [2.05, 4.69) is 5.10 Å². The van der Waals surface area contributed by atoms with Crippen molar-refractivity contribution in [2.24, 2.45) is 7.05 Å². The van der Waals surface area contributed by atoms with Gasteiger partial charge in [0.05, 0.1) is 5.69 Å². The standard InChI is InChI=1S/C12H14N2O/c1-8-5-4-6-10(7-8)11-12(15)9(2)14(3)13-11/h4-7,15H,1-3H3. The Morgan fingerprint density at radius 3 is 2.53 bits per heavy atom. The highest BCUT2D eigenvalue weighted by Crippen LogP contribution is 2.30. The summed E-state index contributed by atoms with van der Waals surface area (Å²) in [6.45, 7) is 3.87. The maximum Gasteiger partial charge on any atom is 0.164 e. The predicted octanol–water partition coefficient (Wildman–Crippen LogP) is 2.41. The zero-order valence-corrected chi connectivity index (χ0v) is 9.15. The van der Waals surface area contributed by atoms with Gasteiger partial charge in [0.15, 0.2) is 5.75 Å². The van der Waals surface area contributed by atoms with Gasteiger partial charge < -0.3 is 5.11 Å². The average Bonchev–Trinajstić information content (AvgIpc) is 2.46. The van der Waals surface area contributed by atoms with Crippen molar-refractivity contribution >= 4 is 0 Å². The number of aromatic hydroxyl groups is 1. The van der Waals surface area contributed by atoms with Crippen LogP contribution < -0.4 is 0 Å². The fourth-order valence-corrected chi connectivity index (χ4v) is 1.58. The SMILES string of the molecule is Cc1cccc(-c2nn(C)c(C)c2O)c1. The van der Waals surface area contributed by atoms with E-state index in [9.17, 15) is 5.11 Å². The minimum absolute atomic E-state index is 0.267. The number of benzene rings is 1. The highest BCUT2D eigenvalue weighted by molar-refractivity contribution is 5.67. The van der Waals surface area contributed by atoms with Gasteiger partial charge in [-0.15, -0.1) is 0 Å². The predicted molar refractivity (Wildman–Crippen MR) is 59.8 cm³/mol. The molecule has 0 bridgehead atoms. The molecule has 0 radical (unpaired) electrons. The van der Waals surface area contributed by atoms with E-state index < -0.39 is 0 Å². The van der Waals surface area contributed by atoms with Crippen molar-refractivity contribution in [1.82, 2.24) is 9.78 Å². The summed E-state index contributed by atoms with van der Waals surface area (Å²) in [4.78, 5) is 0. The summed E-state index contributed by atoms with van der Waals surface area (Å²) in [5, 5.41) is 14.2. The highest BCUT2D eigenvalue weighted by atomic mass is 16.3. The molecule has 1 aromatic carbocycles. The van der Waals surface area contributed by atoms with Crippen LogP contribution in [-0.2, 0) is 7.05 Å². The summed E-state index contributed by atoms with van der Waals surface area (Å²) >= 11 is 0. The Hall–Kier alpha value is -1.77. The van der Waals surface area contributed by atoms with Gasteiger partial charge in [-0.05, 0) is 19.9 Å². The fraction of sp³-hybridized carbons (Fsp3) is 0.250. The summed E-state index contributed by atoms with van der Waals surface area (Å²) in [6, 6.07) is 7.96. The Morgan fingerprint density at radius 2 is 2.00 bits per heavy atom. The third-order valence-electron chi connectivity index (χ3n) is 2.59. The van der Waals surface area contributed by atoms with Crippen LogP contribution in [0, 0.1) is 13.8 Å². The molecule has 3 heteroatoms. The zero-order valence-electron chi connectivity index (χ0n) is 9.15. The van der Waals surface area contributed by atoms with E-state index in [1.54, 1.807) is 4.68 Å². The molecule has 0 saturated heterocycles. The molecule has 2 rings (SSSR count). The third-order valence-corrected chi connectivity index (χ3v) is 2.59. The molecule has 2 aromatic rings. The van der Waals surface area contributed by atoms with Crippen LogP contribution in [0.1, 0.15) is 11.3 Å². The van der Waals surface area contributed by atoms with Gasteiger partial charge in [-0.1, -0.05) is 23.8 Å². The lowest BCUT2D eigenvalue weighted by Gasteiger charge is -1.98. The van der Waals surface area contributed by atoms with Crippen LogP contribution in [0.25, 0.3) is 11.3 Å². The summed E-state index contributed by atoms with van der Waals surface area (Å²) < 4.78 is 1.69. The number of aromatic nitrogens is 2. The second-order valence-electron chi connectivity index (χ2n) is 3.78. The summed E-state index contributed by atoms with van der Waals surface area (Å²) in [6.07, 6.45) is 0. The van der Waals surface area contributed by atoms with Crippen molar-refractivity contribution in [3.8, 4) is 17.0 Å². The van der Waals surface area contributed by atoms with Crippen molar-refractivity contribution in [2.75, 3.05) is 0 Å². The van der Waals surface area contributed by atoms with Crippen LogP contribution >= 0.6 is 0 Å². The number of rotatable bonds is 1. The molecule has 0 aliphatic heterocycles. The fourth-order valence-electron chi connectivity index (χ4n) is 1.58. The molecule has 0 fully saturated rings. The van der Waals surface area contributed by atoms with E-state index in [-0.39, 0.29) is 5.75 Å². The van der Waals surface area contributed by atoms with Gasteiger partial charge in [0, 0.05) is 12.6 Å². The third kappa shape index (κ3) is 1.61. The lowest BCUT2D eigenvalue weighted by atomic mass is 10.1. The van der Waals surface area contributed by atoms with Gasteiger partial charge >= 0.3 is 0 Å². The van der Waals surface area contributed by atoms with Crippen LogP contribution in [-0.4, -0.2) is 14.9 Å². The van der Waals surface area contributed by atoms with Gasteiger partial charge in [-0.3, -0.25) is 4.68 Å². The van der Waals surface area contributed by atoms with Gasteiger partial charge in [0.1, 0.15) is 5.69 Å². The second-order valence-corrected chi connectivity index (χ2v) is 3.78. The van der Waals surface area contributed by atoms with E-state index >= 15 is 0 Å². The minimum atomic E-state index is 0.267. The number of hydrogen-bond acceptors (Lipinski definition) is 2. The lowest BCUT2D eigenvalue weighted by molar-refractivity contribution is 0.471. The Morgan fingerprint density at radius 1 is 1.27 bits per heavy atom. The summed E-state index contributed by atoms with van der Waals surface area (Å²) in [5.74, 6) is 0.267. The average molecular weight is 202 g/mol. The maximum atomic E-state index is 9.88. The Bertz CT molecular complexity index is 500. The van der Waals surface area contributed by atoms with Gasteiger partial charge in [0.25, 0.3) is 0 Å². The summed E-state index contributed by atoms with van der Waals surface area (Å²) in [5.41, 5.74) is 3.55. The van der Waals surface area contributed by atoms with E-state index in [1.165, 1.54) is 0 Å². The van der Waals surface area contributed by atoms with Crippen LogP contribution in [0.2, 0.25) is 0 Å². The quantitative estimate of drug-likeness (QED) is 0.771. The molecule has 78 valence electrons. The topological polar surface area (TPSA) is 38.0 Å². The van der Waals surface area contributed by atoms with Gasteiger partial charge in [-0.25, -0.2) is 0 Å². The van der Waals surface area contributed by atoms with E-state index in [1.807, 2.05) is 45.2 Å². The first-order valence-corrected chi connectivity index (χ1v) is 4.89. The Kier molecular flexibility index (Phi) is 2.23. The molecule has 15 heavy (non-hydrogen) atoms. The highest BCUT2D eigenvalue weighted by Gasteiger charge is 2.12. The number of hydrogen-bond donors (Lipinski definition) is 1. The monoisotopic (exact) mass is 202 g/mol. The van der Waals surface area contributed by atoms with Crippen molar-refractivity contribution in [2.45, 2.75) is 13.8 Å². The molecule has 0 aliphatic rings. The van der Waals surface area contributed by atoms with Crippen LogP contribution in [0.15, 0.2) is 24.3 Å². The normalized spacial score (nSPS) is 10.6. The molecule has 1 aromatic heterocycles. The number of nitrogens with zero attached hydrogens (tertiary/aromatic N) is 2. The van der Waals surface area contributed by atoms with Gasteiger partial charge in [-0.2, -0.15) is 5.10 Å². The first-order chi connectivity index (χ1) is 7.09. The molecule has 3 nitrogen and oxygen atoms in total. The lowest BCUT2D eigenvalue weighted by Crippen LogP contribution is -1.92. The minimum Gasteiger partial charge on any atom is -0.504 e. The van der Waals surface area contributed by atoms with Crippen LogP contribution in [0.3, 0.4) is 0 Å². The smallest absolute Gasteiger partial charge is 0.164 e. The van der Waals surface area contributed by atoms with Crippen LogP contribution in [0.4, 0.5) is 0 Å². The zero-order chi connectivity index (χ0) is 11.0. The first-order valence-electron chi connectivity index (χ1n) is 4.89. The van der Waals surface area contributed by atoms with Crippen molar-refractivity contribution < 1.29 is 5.11 Å². The second kappa shape index (κ2) is 3.42. The summed E-state index contributed by atoms with van der Waals surface area (Å²) in [7, 11) is 1.83. The molecule has 0 spiro atoms. The van der Waals surface area contributed by atoms with E-state index in [4.69, 9.17) is 0 Å². The Labute approximate surface area is 89.0 Å². The molecular formula is C12H14N2O.